The van der Waals surface area contributed by atoms with E-state index < -0.39 is 16.6 Å². The van der Waals surface area contributed by atoms with E-state index in [1.54, 1.807) is 6.07 Å². The average Bonchev–Trinajstić information content (AvgIpc) is 2.32. The number of nitriles is 1. The molecule has 8 nitrogen and oxygen atoms in total. The van der Waals surface area contributed by atoms with Gasteiger partial charge in [0.25, 0.3) is 11.7 Å². The monoisotopic (exact) mass is 234 g/mol. The number of nitrogens with zero attached hydrogens (tertiary/aromatic N) is 4. The van der Waals surface area contributed by atoms with Crippen molar-refractivity contribution in [1.82, 2.24) is 4.98 Å². The standard InChI is InChI=1S/C9H6N4O4/c10-3-4-12-8(14)5-17-6-1-2-7(13(15)16)11-9(6)12/h1-2H,4-5H2. The first-order valence-corrected chi connectivity index (χ1v) is 4.59. The summed E-state index contributed by atoms with van der Waals surface area (Å²) in [6.07, 6.45) is 0. The highest BCUT2D eigenvalue weighted by Gasteiger charge is 2.31. The number of fused-ring (bicyclic) bond motifs is 1. The summed E-state index contributed by atoms with van der Waals surface area (Å²) >= 11 is 0. The third-order valence-corrected chi connectivity index (χ3v) is 2.15. The molecule has 86 valence electrons. The summed E-state index contributed by atoms with van der Waals surface area (Å²) in [6.45, 7) is -0.419. The second-order valence-electron chi connectivity index (χ2n) is 3.17. The predicted molar refractivity (Wildman–Crippen MR) is 54.4 cm³/mol. The van der Waals surface area contributed by atoms with Crippen molar-refractivity contribution in [2.45, 2.75) is 0 Å². The van der Waals surface area contributed by atoms with Crippen LogP contribution in [0.3, 0.4) is 0 Å². The first kappa shape index (κ1) is 10.8. The molecule has 0 spiro atoms. The number of anilines is 1. The summed E-state index contributed by atoms with van der Waals surface area (Å²) in [5, 5.41) is 19.2. The number of ether oxygens (including phenoxy) is 1. The van der Waals surface area contributed by atoms with Crippen LogP contribution in [-0.2, 0) is 4.79 Å². The molecule has 1 aliphatic heterocycles. The molecule has 0 radical (unpaired) electrons. The highest BCUT2D eigenvalue weighted by atomic mass is 16.6. The second-order valence-corrected chi connectivity index (χ2v) is 3.17. The van der Waals surface area contributed by atoms with Gasteiger partial charge in [-0.25, -0.2) is 0 Å². The molecule has 1 amide bonds. The third kappa shape index (κ3) is 1.85. The third-order valence-electron chi connectivity index (χ3n) is 2.15. The van der Waals surface area contributed by atoms with Gasteiger partial charge < -0.3 is 14.9 Å². The van der Waals surface area contributed by atoms with E-state index in [0.717, 1.165) is 4.90 Å². The number of pyridine rings is 1. The van der Waals surface area contributed by atoms with E-state index in [0.29, 0.717) is 0 Å². The Morgan fingerprint density at radius 3 is 3.06 bits per heavy atom. The van der Waals surface area contributed by atoms with E-state index in [1.165, 1.54) is 12.1 Å². The van der Waals surface area contributed by atoms with E-state index in [-0.39, 0.29) is 24.7 Å². The number of carbonyl (C=O) groups excluding carboxylic acids is 1. The molecule has 2 rings (SSSR count). The van der Waals surface area contributed by atoms with Gasteiger partial charge in [-0.15, -0.1) is 0 Å². The minimum atomic E-state index is -0.677. The Labute approximate surface area is 95.2 Å². The molecule has 0 atom stereocenters. The zero-order chi connectivity index (χ0) is 12.4. The van der Waals surface area contributed by atoms with Gasteiger partial charge in [0.2, 0.25) is 0 Å². The van der Waals surface area contributed by atoms with E-state index in [9.17, 15) is 14.9 Å². The van der Waals surface area contributed by atoms with Crippen molar-refractivity contribution in [1.29, 1.82) is 5.26 Å². The highest BCUT2D eigenvalue weighted by Crippen LogP contribution is 2.31. The van der Waals surface area contributed by atoms with Crippen molar-refractivity contribution in [3.63, 3.8) is 0 Å². The van der Waals surface area contributed by atoms with Crippen LogP contribution in [0.1, 0.15) is 0 Å². The Bertz CT molecular complexity index is 536. The molecular weight excluding hydrogens is 228 g/mol. The van der Waals surface area contributed by atoms with E-state index in [4.69, 9.17) is 10.00 Å². The van der Waals surface area contributed by atoms with Gasteiger partial charge >= 0.3 is 5.82 Å². The molecule has 2 heterocycles. The Kier molecular flexibility index (Phi) is 2.58. The summed E-state index contributed by atoms with van der Waals surface area (Å²) in [4.78, 5) is 26.1. The molecular formula is C9H6N4O4. The molecule has 0 bridgehead atoms. The highest BCUT2D eigenvalue weighted by molar-refractivity contribution is 5.97. The molecule has 0 saturated carbocycles. The molecule has 0 saturated heterocycles. The van der Waals surface area contributed by atoms with Crippen LogP contribution in [0.2, 0.25) is 0 Å². The first-order valence-electron chi connectivity index (χ1n) is 4.59. The largest absolute Gasteiger partial charge is 0.477 e. The quantitative estimate of drug-likeness (QED) is 0.411. The summed E-state index contributed by atoms with van der Waals surface area (Å²) in [5.74, 6) is -0.584. The molecule has 0 aliphatic carbocycles. The Morgan fingerprint density at radius 2 is 2.41 bits per heavy atom. The fourth-order valence-corrected chi connectivity index (χ4v) is 1.40. The van der Waals surface area contributed by atoms with E-state index in [2.05, 4.69) is 4.98 Å². The summed E-state index contributed by atoms with van der Waals surface area (Å²) in [6, 6.07) is 4.34. The number of hydrogen-bond acceptors (Lipinski definition) is 6. The van der Waals surface area contributed by atoms with Crippen molar-refractivity contribution in [2.24, 2.45) is 0 Å². The average molecular weight is 234 g/mol. The number of amides is 1. The van der Waals surface area contributed by atoms with Crippen molar-refractivity contribution in [3.8, 4) is 11.8 Å². The van der Waals surface area contributed by atoms with Crippen LogP contribution in [0, 0.1) is 21.4 Å². The van der Waals surface area contributed by atoms with Crippen LogP contribution in [0.4, 0.5) is 11.6 Å². The van der Waals surface area contributed by atoms with E-state index >= 15 is 0 Å². The van der Waals surface area contributed by atoms with Crippen LogP contribution in [0.5, 0.6) is 5.75 Å². The summed E-state index contributed by atoms with van der Waals surface area (Å²) in [7, 11) is 0. The Hall–Kier alpha value is -2.69. The van der Waals surface area contributed by atoms with Crippen molar-refractivity contribution in [3.05, 3.63) is 22.2 Å². The van der Waals surface area contributed by atoms with Crippen molar-refractivity contribution in [2.75, 3.05) is 18.1 Å². The SMILES string of the molecule is N#CCN1C(=O)COc2ccc([N+](=O)[O-])nc21. The number of hydrogen-bond donors (Lipinski definition) is 0. The molecule has 1 aromatic heterocycles. The predicted octanol–water partition coefficient (Wildman–Crippen LogP) is 0.239. The van der Waals surface area contributed by atoms with Crippen LogP contribution < -0.4 is 9.64 Å². The molecule has 0 fully saturated rings. The number of aromatic nitrogens is 1. The minimum Gasteiger partial charge on any atom is -0.477 e. The first-order chi connectivity index (χ1) is 8.13. The lowest BCUT2D eigenvalue weighted by Gasteiger charge is -2.22. The smallest absolute Gasteiger partial charge is 0.366 e. The maximum absolute atomic E-state index is 11.5. The van der Waals surface area contributed by atoms with Gasteiger partial charge in [0.05, 0.1) is 6.07 Å². The van der Waals surface area contributed by atoms with E-state index in [1.807, 2.05) is 0 Å². The number of carbonyl (C=O) groups is 1. The normalized spacial score (nSPS) is 13.6. The van der Waals surface area contributed by atoms with Gasteiger partial charge in [0.1, 0.15) is 6.54 Å². The zero-order valence-corrected chi connectivity index (χ0v) is 8.49. The van der Waals surface area contributed by atoms with Crippen molar-refractivity contribution < 1.29 is 14.5 Å². The fraction of sp³-hybridized carbons (Fsp3) is 0.222. The Balaban J connectivity index is 2.49. The summed E-state index contributed by atoms with van der Waals surface area (Å²) < 4.78 is 5.06. The molecule has 0 unspecified atom stereocenters. The van der Waals surface area contributed by atoms with Crippen LogP contribution in [0.25, 0.3) is 0 Å². The van der Waals surface area contributed by atoms with Crippen LogP contribution >= 0.6 is 0 Å². The van der Waals surface area contributed by atoms with Gasteiger partial charge in [0, 0.05) is 6.07 Å². The maximum Gasteiger partial charge on any atom is 0.366 e. The minimum absolute atomic E-state index is 0.0111. The molecule has 1 aliphatic rings. The zero-order valence-electron chi connectivity index (χ0n) is 8.49. The van der Waals surface area contributed by atoms with Crippen molar-refractivity contribution >= 4 is 17.5 Å². The molecule has 1 aromatic rings. The fourth-order valence-electron chi connectivity index (χ4n) is 1.40. The molecule has 8 heteroatoms. The number of rotatable bonds is 2. The van der Waals surface area contributed by atoms with Crippen LogP contribution in [-0.4, -0.2) is 29.0 Å². The second kappa shape index (κ2) is 4.05. The molecule has 0 aromatic carbocycles. The summed E-state index contributed by atoms with van der Waals surface area (Å²) in [5.41, 5.74) is 0. The lowest BCUT2D eigenvalue weighted by molar-refractivity contribution is -0.389. The van der Waals surface area contributed by atoms with Gasteiger partial charge in [-0.05, 0) is 16.0 Å². The number of nitro groups is 1. The van der Waals surface area contributed by atoms with Crippen LogP contribution in [0.15, 0.2) is 12.1 Å². The topological polar surface area (TPSA) is 109 Å². The van der Waals surface area contributed by atoms with Gasteiger partial charge in [-0.1, -0.05) is 0 Å². The molecule has 0 N–H and O–H groups in total. The Morgan fingerprint density at radius 1 is 1.65 bits per heavy atom. The lowest BCUT2D eigenvalue weighted by atomic mass is 10.3. The van der Waals surface area contributed by atoms with Gasteiger partial charge in [-0.2, -0.15) is 5.26 Å². The van der Waals surface area contributed by atoms with Gasteiger partial charge in [0.15, 0.2) is 12.4 Å². The maximum atomic E-state index is 11.5. The molecule has 17 heavy (non-hydrogen) atoms. The van der Waals surface area contributed by atoms with Gasteiger partial charge in [-0.3, -0.25) is 9.69 Å². The lowest BCUT2D eigenvalue weighted by Crippen LogP contribution is -2.39.